The maximum atomic E-state index is 12.1. The molecule has 3 aromatic rings. The number of hydrogen-bond donors (Lipinski definition) is 1. The highest BCUT2D eigenvalue weighted by Crippen LogP contribution is 2.19. The minimum absolute atomic E-state index is 0.0481. The average Bonchev–Trinajstić information content (AvgIpc) is 3.11. The number of aromatic nitrogens is 2. The van der Waals surface area contributed by atoms with Crippen LogP contribution in [0.15, 0.2) is 28.8 Å². The fourth-order valence-corrected chi connectivity index (χ4v) is 3.53. The van der Waals surface area contributed by atoms with E-state index in [0.717, 1.165) is 28.9 Å². The Morgan fingerprint density at radius 2 is 2.13 bits per heavy atom. The molecule has 5 nitrogen and oxygen atoms in total. The number of thiazole rings is 1. The molecule has 0 aliphatic rings. The van der Waals surface area contributed by atoms with E-state index in [1.807, 2.05) is 24.3 Å². The molecule has 0 aliphatic carbocycles. The predicted molar refractivity (Wildman–Crippen MR) is 90.7 cm³/mol. The Morgan fingerprint density at radius 3 is 2.91 bits per heavy atom. The second-order valence-corrected chi connectivity index (χ2v) is 6.65. The predicted octanol–water partition coefficient (Wildman–Crippen LogP) is 3.06. The summed E-state index contributed by atoms with van der Waals surface area (Å²) in [7, 11) is 0. The molecule has 3 rings (SSSR count). The van der Waals surface area contributed by atoms with Crippen molar-refractivity contribution in [1.82, 2.24) is 15.5 Å². The van der Waals surface area contributed by atoms with Gasteiger partial charge < -0.3 is 9.84 Å². The largest absolute Gasteiger partial charge is 0.356 e. The highest BCUT2D eigenvalue weighted by Gasteiger charge is 2.12. The Hall–Kier alpha value is -2.21. The number of aryl methyl sites for hydroxylation is 2. The number of amides is 1. The van der Waals surface area contributed by atoms with Crippen LogP contribution in [0.4, 0.5) is 0 Å². The number of carbonyl (C=O) groups is 1. The van der Waals surface area contributed by atoms with Gasteiger partial charge in [-0.15, -0.1) is 11.3 Å². The van der Waals surface area contributed by atoms with E-state index in [2.05, 4.69) is 29.3 Å². The third-order valence-electron chi connectivity index (χ3n) is 3.71. The van der Waals surface area contributed by atoms with Crippen LogP contribution in [0.5, 0.6) is 0 Å². The normalized spacial score (nSPS) is 11.0. The molecule has 0 saturated carbocycles. The van der Waals surface area contributed by atoms with Crippen LogP contribution in [0, 0.1) is 6.92 Å². The van der Waals surface area contributed by atoms with Gasteiger partial charge in [0.15, 0.2) is 5.58 Å². The van der Waals surface area contributed by atoms with Gasteiger partial charge in [0.05, 0.1) is 17.1 Å². The van der Waals surface area contributed by atoms with E-state index in [9.17, 15) is 4.79 Å². The molecular weight excluding hydrogens is 310 g/mol. The number of rotatable bonds is 6. The molecule has 0 fully saturated rings. The van der Waals surface area contributed by atoms with Crippen molar-refractivity contribution in [1.29, 1.82) is 0 Å². The standard InChI is InChI=1S/C17H19N3O2S/c1-3-13-11(2)23-17(19-13)8-9-18-16(21)10-14-12-6-4-5-7-15(12)22-20-14/h4-7H,3,8-10H2,1-2H3,(H,18,21). The molecule has 23 heavy (non-hydrogen) atoms. The van der Waals surface area contributed by atoms with Crippen LogP contribution in [0.25, 0.3) is 11.0 Å². The van der Waals surface area contributed by atoms with E-state index in [1.54, 1.807) is 11.3 Å². The number of hydrogen-bond acceptors (Lipinski definition) is 5. The monoisotopic (exact) mass is 329 g/mol. The lowest BCUT2D eigenvalue weighted by atomic mass is 10.1. The summed E-state index contributed by atoms with van der Waals surface area (Å²) in [6.45, 7) is 4.79. The van der Waals surface area contributed by atoms with Crippen molar-refractivity contribution in [2.75, 3.05) is 6.54 Å². The van der Waals surface area contributed by atoms with Crippen molar-refractivity contribution in [2.45, 2.75) is 33.1 Å². The van der Waals surface area contributed by atoms with Gasteiger partial charge in [0.25, 0.3) is 0 Å². The number of fused-ring (bicyclic) bond motifs is 1. The summed E-state index contributed by atoms with van der Waals surface area (Å²) in [4.78, 5) is 17.9. The van der Waals surface area contributed by atoms with Gasteiger partial charge in [-0.1, -0.05) is 24.2 Å². The van der Waals surface area contributed by atoms with Crippen molar-refractivity contribution >= 4 is 28.2 Å². The van der Waals surface area contributed by atoms with Crippen LogP contribution in [-0.2, 0) is 24.1 Å². The molecular formula is C17H19N3O2S. The fraction of sp³-hybridized carbons (Fsp3) is 0.353. The first-order valence-electron chi connectivity index (χ1n) is 7.72. The fourth-order valence-electron chi connectivity index (χ4n) is 2.51. The number of nitrogens with one attached hydrogen (secondary N) is 1. The minimum Gasteiger partial charge on any atom is -0.356 e. The number of carbonyl (C=O) groups excluding carboxylic acids is 1. The summed E-state index contributed by atoms with van der Waals surface area (Å²) in [5, 5.41) is 8.88. The maximum absolute atomic E-state index is 12.1. The van der Waals surface area contributed by atoms with E-state index in [0.29, 0.717) is 17.8 Å². The number of para-hydroxylation sites is 1. The second-order valence-electron chi connectivity index (χ2n) is 5.37. The van der Waals surface area contributed by atoms with Crippen LogP contribution >= 0.6 is 11.3 Å². The summed E-state index contributed by atoms with van der Waals surface area (Å²) >= 11 is 1.71. The van der Waals surface area contributed by atoms with E-state index < -0.39 is 0 Å². The molecule has 0 spiro atoms. The van der Waals surface area contributed by atoms with E-state index in [4.69, 9.17) is 4.52 Å². The number of benzene rings is 1. The Balaban J connectivity index is 1.53. The molecule has 0 aliphatic heterocycles. The van der Waals surface area contributed by atoms with Crippen LogP contribution < -0.4 is 5.32 Å². The first-order valence-corrected chi connectivity index (χ1v) is 8.54. The van der Waals surface area contributed by atoms with Crippen LogP contribution in [0.2, 0.25) is 0 Å². The molecule has 2 aromatic heterocycles. The van der Waals surface area contributed by atoms with Gasteiger partial charge in [-0.05, 0) is 25.5 Å². The smallest absolute Gasteiger partial charge is 0.226 e. The van der Waals surface area contributed by atoms with E-state index in [1.165, 1.54) is 4.88 Å². The zero-order valence-electron chi connectivity index (χ0n) is 13.3. The van der Waals surface area contributed by atoms with Crippen LogP contribution in [0.3, 0.4) is 0 Å². The third kappa shape index (κ3) is 3.59. The molecule has 120 valence electrons. The summed E-state index contributed by atoms with van der Waals surface area (Å²) in [5.74, 6) is -0.0481. The summed E-state index contributed by atoms with van der Waals surface area (Å²) < 4.78 is 5.21. The Labute approximate surface area is 138 Å². The topological polar surface area (TPSA) is 68.0 Å². The quantitative estimate of drug-likeness (QED) is 0.755. The Kier molecular flexibility index (Phi) is 4.71. The van der Waals surface area contributed by atoms with Crippen molar-refractivity contribution in [3.05, 3.63) is 45.5 Å². The first-order chi connectivity index (χ1) is 11.2. The van der Waals surface area contributed by atoms with Crippen molar-refractivity contribution in [2.24, 2.45) is 0 Å². The molecule has 1 aromatic carbocycles. The van der Waals surface area contributed by atoms with Crippen molar-refractivity contribution in [3.63, 3.8) is 0 Å². The van der Waals surface area contributed by atoms with Gasteiger partial charge in [0.1, 0.15) is 5.69 Å². The lowest BCUT2D eigenvalue weighted by molar-refractivity contribution is -0.120. The summed E-state index contributed by atoms with van der Waals surface area (Å²) in [6.07, 6.45) is 1.94. The van der Waals surface area contributed by atoms with Gasteiger partial charge in [0, 0.05) is 23.2 Å². The Bertz CT molecular complexity index is 822. The average molecular weight is 329 g/mol. The van der Waals surface area contributed by atoms with Crippen molar-refractivity contribution < 1.29 is 9.32 Å². The lowest BCUT2D eigenvalue weighted by Gasteiger charge is -2.02. The minimum atomic E-state index is -0.0481. The first kappa shape index (κ1) is 15.7. The van der Waals surface area contributed by atoms with Gasteiger partial charge in [-0.3, -0.25) is 4.79 Å². The molecule has 6 heteroatoms. The second kappa shape index (κ2) is 6.91. The SMILES string of the molecule is CCc1nc(CCNC(=O)Cc2noc3ccccc23)sc1C. The van der Waals surface area contributed by atoms with Gasteiger partial charge in [-0.2, -0.15) is 0 Å². The summed E-state index contributed by atoms with van der Waals surface area (Å²) in [5.41, 5.74) is 2.54. The number of nitrogens with zero attached hydrogens (tertiary/aromatic N) is 2. The molecule has 0 bridgehead atoms. The van der Waals surface area contributed by atoms with E-state index >= 15 is 0 Å². The maximum Gasteiger partial charge on any atom is 0.226 e. The highest BCUT2D eigenvalue weighted by molar-refractivity contribution is 7.11. The van der Waals surface area contributed by atoms with Crippen LogP contribution in [-0.4, -0.2) is 22.6 Å². The zero-order chi connectivity index (χ0) is 16.2. The Morgan fingerprint density at radius 1 is 1.30 bits per heavy atom. The third-order valence-corrected chi connectivity index (χ3v) is 4.79. The molecule has 1 amide bonds. The summed E-state index contributed by atoms with van der Waals surface area (Å²) in [6, 6.07) is 7.56. The molecule has 2 heterocycles. The lowest BCUT2D eigenvalue weighted by Crippen LogP contribution is -2.27. The van der Waals surface area contributed by atoms with Gasteiger partial charge in [0.2, 0.25) is 5.91 Å². The molecule has 0 saturated heterocycles. The van der Waals surface area contributed by atoms with Crippen LogP contribution in [0.1, 0.15) is 28.2 Å². The molecule has 0 atom stereocenters. The van der Waals surface area contributed by atoms with E-state index in [-0.39, 0.29) is 12.3 Å². The van der Waals surface area contributed by atoms with Gasteiger partial charge >= 0.3 is 0 Å². The molecule has 0 unspecified atom stereocenters. The van der Waals surface area contributed by atoms with Crippen molar-refractivity contribution in [3.8, 4) is 0 Å². The molecule has 0 radical (unpaired) electrons. The molecule has 1 N–H and O–H groups in total. The van der Waals surface area contributed by atoms with Gasteiger partial charge in [-0.25, -0.2) is 4.98 Å². The highest BCUT2D eigenvalue weighted by atomic mass is 32.1. The zero-order valence-corrected chi connectivity index (χ0v) is 14.1.